The van der Waals surface area contributed by atoms with Crippen molar-refractivity contribution in [2.24, 2.45) is 0 Å². The molecule has 0 aliphatic heterocycles. The largest absolute Gasteiger partial charge is 0.383 e. The lowest BCUT2D eigenvalue weighted by Crippen LogP contribution is -2.08. The van der Waals surface area contributed by atoms with E-state index in [9.17, 15) is 0 Å². The van der Waals surface area contributed by atoms with Crippen LogP contribution in [0.2, 0.25) is 0 Å². The van der Waals surface area contributed by atoms with E-state index in [1.54, 1.807) is 7.11 Å². The van der Waals surface area contributed by atoms with Gasteiger partial charge in [0.15, 0.2) is 0 Å². The highest BCUT2D eigenvalue weighted by atomic mass is 16.5. The summed E-state index contributed by atoms with van der Waals surface area (Å²) in [6.45, 7) is 5.76. The summed E-state index contributed by atoms with van der Waals surface area (Å²) >= 11 is 0. The molecule has 4 heteroatoms. The predicted octanol–water partition coefficient (Wildman–Crippen LogP) is 3.14. The summed E-state index contributed by atoms with van der Waals surface area (Å²) in [5.41, 5.74) is 3.71. The van der Waals surface area contributed by atoms with Gasteiger partial charge in [0.1, 0.15) is 0 Å². The monoisotopic (exact) mass is 259 g/mol. The van der Waals surface area contributed by atoms with E-state index < -0.39 is 0 Å². The highest BCUT2D eigenvalue weighted by Gasteiger charge is 2.08. The van der Waals surface area contributed by atoms with Crippen LogP contribution in [0.25, 0.3) is 0 Å². The maximum absolute atomic E-state index is 5.11. The molecule has 0 saturated heterocycles. The Morgan fingerprint density at radius 1 is 1.37 bits per heavy atom. The first-order valence-corrected chi connectivity index (χ1v) is 6.61. The van der Waals surface area contributed by atoms with E-state index in [0.29, 0.717) is 6.61 Å². The number of imidazole rings is 1. The third-order valence-electron chi connectivity index (χ3n) is 3.23. The van der Waals surface area contributed by atoms with Gasteiger partial charge in [-0.15, -0.1) is 0 Å². The van der Waals surface area contributed by atoms with Crippen LogP contribution in [0.3, 0.4) is 0 Å². The van der Waals surface area contributed by atoms with Crippen molar-refractivity contribution in [3.8, 4) is 0 Å². The second kappa shape index (κ2) is 6.38. The summed E-state index contributed by atoms with van der Waals surface area (Å²) in [5, 5.41) is 3.45. The van der Waals surface area contributed by atoms with Crippen LogP contribution >= 0.6 is 0 Å². The highest BCUT2D eigenvalue weighted by molar-refractivity contribution is 5.63. The van der Waals surface area contributed by atoms with Crippen LogP contribution in [-0.2, 0) is 17.7 Å². The zero-order valence-corrected chi connectivity index (χ0v) is 11.8. The Morgan fingerprint density at radius 2 is 2.21 bits per heavy atom. The van der Waals surface area contributed by atoms with Gasteiger partial charge in [0.2, 0.25) is 5.95 Å². The Morgan fingerprint density at radius 3 is 2.95 bits per heavy atom. The van der Waals surface area contributed by atoms with Gasteiger partial charge < -0.3 is 14.6 Å². The molecule has 0 saturated carbocycles. The van der Waals surface area contributed by atoms with Gasteiger partial charge in [-0.3, -0.25) is 0 Å². The Hall–Kier alpha value is -1.81. The molecule has 0 atom stereocenters. The number of anilines is 2. The van der Waals surface area contributed by atoms with E-state index in [2.05, 4.69) is 46.9 Å². The maximum atomic E-state index is 5.11. The SMILES string of the molecule is CCc1cccc(C)c1Nc1nccn1CCOC. The van der Waals surface area contributed by atoms with Crippen molar-refractivity contribution < 1.29 is 4.74 Å². The fraction of sp³-hybridized carbons (Fsp3) is 0.400. The van der Waals surface area contributed by atoms with Crippen molar-refractivity contribution >= 4 is 11.6 Å². The second-order valence-electron chi connectivity index (χ2n) is 4.52. The van der Waals surface area contributed by atoms with Crippen molar-refractivity contribution in [1.82, 2.24) is 9.55 Å². The molecule has 2 rings (SSSR count). The van der Waals surface area contributed by atoms with Gasteiger partial charge in [0.25, 0.3) is 0 Å². The number of hydrogen-bond acceptors (Lipinski definition) is 3. The van der Waals surface area contributed by atoms with Crippen LogP contribution < -0.4 is 5.32 Å². The van der Waals surface area contributed by atoms with Gasteiger partial charge in [-0.2, -0.15) is 0 Å². The molecule has 1 heterocycles. The summed E-state index contributed by atoms with van der Waals surface area (Å²) in [7, 11) is 1.71. The summed E-state index contributed by atoms with van der Waals surface area (Å²) in [6.07, 6.45) is 4.77. The quantitative estimate of drug-likeness (QED) is 0.866. The lowest BCUT2D eigenvalue weighted by molar-refractivity contribution is 0.188. The number of aryl methyl sites for hydroxylation is 2. The number of rotatable bonds is 6. The van der Waals surface area contributed by atoms with Crippen LogP contribution in [0.4, 0.5) is 11.6 Å². The molecule has 0 unspecified atom stereocenters. The summed E-state index contributed by atoms with van der Waals surface area (Å²) in [5.74, 6) is 0.862. The summed E-state index contributed by atoms with van der Waals surface area (Å²) < 4.78 is 7.18. The van der Waals surface area contributed by atoms with E-state index in [-0.39, 0.29) is 0 Å². The van der Waals surface area contributed by atoms with Crippen LogP contribution in [0.1, 0.15) is 18.1 Å². The molecule has 0 aliphatic carbocycles. The minimum absolute atomic E-state index is 0.680. The minimum Gasteiger partial charge on any atom is -0.383 e. The van der Waals surface area contributed by atoms with E-state index in [0.717, 1.165) is 24.6 Å². The normalized spacial score (nSPS) is 10.7. The van der Waals surface area contributed by atoms with Crippen molar-refractivity contribution in [2.75, 3.05) is 19.0 Å². The van der Waals surface area contributed by atoms with Crippen LogP contribution in [0.15, 0.2) is 30.6 Å². The Labute approximate surface area is 114 Å². The Kier molecular flexibility index (Phi) is 4.58. The van der Waals surface area contributed by atoms with Gasteiger partial charge >= 0.3 is 0 Å². The van der Waals surface area contributed by atoms with Gasteiger partial charge in [-0.1, -0.05) is 25.1 Å². The molecule has 0 amide bonds. The molecular weight excluding hydrogens is 238 g/mol. The Balaban J connectivity index is 2.24. The van der Waals surface area contributed by atoms with Crippen LogP contribution in [0.5, 0.6) is 0 Å². The third kappa shape index (κ3) is 3.15. The summed E-state index contributed by atoms with van der Waals surface area (Å²) in [6, 6.07) is 6.36. The average molecular weight is 259 g/mol. The second-order valence-corrected chi connectivity index (χ2v) is 4.52. The fourth-order valence-electron chi connectivity index (χ4n) is 2.12. The standard InChI is InChI=1S/C15H21N3O/c1-4-13-7-5-6-12(2)14(13)17-15-16-8-9-18(15)10-11-19-3/h5-9H,4,10-11H2,1-3H3,(H,16,17). The molecule has 0 radical (unpaired) electrons. The number of benzene rings is 1. The molecule has 19 heavy (non-hydrogen) atoms. The molecule has 0 spiro atoms. The molecule has 0 bridgehead atoms. The fourth-order valence-corrected chi connectivity index (χ4v) is 2.12. The van der Waals surface area contributed by atoms with Crippen molar-refractivity contribution in [3.05, 3.63) is 41.7 Å². The van der Waals surface area contributed by atoms with Crippen molar-refractivity contribution in [3.63, 3.8) is 0 Å². The Bertz CT molecular complexity index is 534. The van der Waals surface area contributed by atoms with Gasteiger partial charge in [0, 0.05) is 31.7 Å². The molecule has 0 fully saturated rings. The predicted molar refractivity (Wildman–Crippen MR) is 77.9 cm³/mol. The minimum atomic E-state index is 0.680. The maximum Gasteiger partial charge on any atom is 0.207 e. The van der Waals surface area contributed by atoms with Gasteiger partial charge in [-0.05, 0) is 24.5 Å². The molecule has 102 valence electrons. The number of nitrogens with zero attached hydrogens (tertiary/aromatic N) is 2. The summed E-state index contributed by atoms with van der Waals surface area (Å²) in [4.78, 5) is 4.38. The van der Waals surface area contributed by atoms with Crippen molar-refractivity contribution in [1.29, 1.82) is 0 Å². The number of methoxy groups -OCH3 is 1. The molecule has 1 aromatic heterocycles. The van der Waals surface area contributed by atoms with E-state index in [1.807, 2.05) is 12.4 Å². The molecule has 0 aliphatic rings. The number of ether oxygens (including phenoxy) is 1. The van der Waals surface area contributed by atoms with Crippen molar-refractivity contribution in [2.45, 2.75) is 26.8 Å². The molecule has 1 aromatic carbocycles. The van der Waals surface area contributed by atoms with E-state index in [4.69, 9.17) is 4.74 Å². The van der Waals surface area contributed by atoms with E-state index >= 15 is 0 Å². The number of nitrogens with one attached hydrogen (secondary N) is 1. The third-order valence-corrected chi connectivity index (χ3v) is 3.23. The molecular formula is C15H21N3O. The van der Waals surface area contributed by atoms with Crippen LogP contribution in [0, 0.1) is 6.92 Å². The zero-order valence-electron chi connectivity index (χ0n) is 11.8. The number of para-hydroxylation sites is 1. The molecule has 4 nitrogen and oxygen atoms in total. The molecule has 1 N–H and O–H groups in total. The first-order chi connectivity index (χ1) is 9.26. The lowest BCUT2D eigenvalue weighted by atomic mass is 10.1. The van der Waals surface area contributed by atoms with E-state index in [1.165, 1.54) is 11.1 Å². The average Bonchev–Trinajstić information content (AvgIpc) is 2.86. The number of aromatic nitrogens is 2. The number of hydrogen-bond donors (Lipinski definition) is 1. The molecule has 2 aromatic rings. The lowest BCUT2D eigenvalue weighted by Gasteiger charge is -2.14. The van der Waals surface area contributed by atoms with Gasteiger partial charge in [0.05, 0.1) is 6.61 Å². The highest BCUT2D eigenvalue weighted by Crippen LogP contribution is 2.24. The first kappa shape index (κ1) is 13.6. The zero-order chi connectivity index (χ0) is 13.7. The topological polar surface area (TPSA) is 39.1 Å². The smallest absolute Gasteiger partial charge is 0.207 e. The first-order valence-electron chi connectivity index (χ1n) is 6.61. The van der Waals surface area contributed by atoms with Crippen LogP contribution in [-0.4, -0.2) is 23.3 Å². The van der Waals surface area contributed by atoms with Gasteiger partial charge in [-0.25, -0.2) is 4.98 Å².